The number of rotatable bonds is 11. The van der Waals surface area contributed by atoms with E-state index in [1.165, 1.54) is 36.7 Å². The molecule has 1 unspecified atom stereocenters. The Balaban J connectivity index is 0.000000152. The Morgan fingerprint density at radius 3 is 1.86 bits per heavy atom. The van der Waals surface area contributed by atoms with Gasteiger partial charge in [0.15, 0.2) is 17.4 Å². The van der Waals surface area contributed by atoms with Crippen LogP contribution in [0.3, 0.4) is 0 Å². The second-order valence-corrected chi connectivity index (χ2v) is 25.6. The molecule has 496 valence electrons. The van der Waals surface area contributed by atoms with Gasteiger partial charge in [0.25, 0.3) is 5.69 Å². The third kappa shape index (κ3) is 16.7. The van der Waals surface area contributed by atoms with Gasteiger partial charge >= 0.3 is 14.2 Å². The van der Waals surface area contributed by atoms with Crippen molar-refractivity contribution in [2.75, 3.05) is 76.5 Å². The number of ether oxygens (including phenoxy) is 2. The number of nitrogens with one attached hydrogen (secondary N) is 1. The van der Waals surface area contributed by atoms with Gasteiger partial charge in [-0.05, 0) is 142 Å². The Hall–Kier alpha value is -7.97. The summed E-state index contributed by atoms with van der Waals surface area (Å²) in [6.45, 7) is 26.8. The van der Waals surface area contributed by atoms with Gasteiger partial charge in [0, 0.05) is 52.4 Å². The molecule has 0 spiro atoms. The quantitative estimate of drug-likeness (QED) is 0.0472. The number of hydrogen-bond donors (Lipinski definition) is 3. The van der Waals surface area contributed by atoms with Crippen LogP contribution in [0, 0.1) is 33.4 Å². The van der Waals surface area contributed by atoms with E-state index in [0.717, 1.165) is 54.8 Å². The average molecular weight is 1290 g/mol. The number of benzene rings is 5. The Labute approximate surface area is 541 Å². The van der Waals surface area contributed by atoms with Crippen molar-refractivity contribution < 1.29 is 55.0 Å². The topological polar surface area (TPSA) is 241 Å². The Morgan fingerprint density at radius 1 is 0.753 bits per heavy atom. The maximum atomic E-state index is 14.6. The minimum absolute atomic E-state index is 0.0339. The van der Waals surface area contributed by atoms with E-state index in [2.05, 4.69) is 37.1 Å². The van der Waals surface area contributed by atoms with E-state index < -0.39 is 65.1 Å². The summed E-state index contributed by atoms with van der Waals surface area (Å²) in [7, 11) is 4.87. The average Bonchev–Trinajstić information content (AvgIpc) is 1.24. The Bertz CT molecular complexity index is 3820. The van der Waals surface area contributed by atoms with Crippen molar-refractivity contribution in [3.8, 4) is 16.9 Å². The largest absolute Gasteiger partial charge is 0.494 e. The van der Waals surface area contributed by atoms with Crippen molar-refractivity contribution in [3.05, 3.63) is 170 Å². The summed E-state index contributed by atoms with van der Waals surface area (Å²) in [4.78, 5) is 41.2. The van der Waals surface area contributed by atoms with E-state index in [1.54, 1.807) is 36.4 Å². The molecule has 5 aromatic carbocycles. The van der Waals surface area contributed by atoms with Crippen molar-refractivity contribution in [1.82, 2.24) is 19.8 Å². The summed E-state index contributed by atoms with van der Waals surface area (Å²) < 4.78 is 96.1. The first kappa shape index (κ1) is 70.9. The van der Waals surface area contributed by atoms with E-state index in [-0.39, 0.29) is 51.5 Å². The van der Waals surface area contributed by atoms with Crippen molar-refractivity contribution >= 4 is 64.8 Å². The summed E-state index contributed by atoms with van der Waals surface area (Å²) in [6.07, 6.45) is 2.04. The van der Waals surface area contributed by atoms with E-state index in [4.69, 9.17) is 44.0 Å². The lowest BCUT2D eigenvalue weighted by molar-refractivity contribution is -0.385. The van der Waals surface area contributed by atoms with Crippen LogP contribution in [-0.2, 0) is 29.9 Å². The first-order valence-corrected chi connectivity index (χ1v) is 30.9. The van der Waals surface area contributed by atoms with Crippen LogP contribution in [-0.4, -0.2) is 140 Å². The molecule has 12 rings (SSSR count). The highest BCUT2D eigenvalue weighted by molar-refractivity contribution is 6.62. The van der Waals surface area contributed by atoms with Crippen LogP contribution < -0.4 is 42.8 Å². The van der Waals surface area contributed by atoms with Gasteiger partial charge in [-0.1, -0.05) is 55.5 Å². The van der Waals surface area contributed by atoms with Gasteiger partial charge in [-0.15, -0.1) is 0 Å². The zero-order valence-electron chi connectivity index (χ0n) is 55.3. The molecule has 20 nitrogen and oxygen atoms in total. The molecule has 4 fully saturated rings. The summed E-state index contributed by atoms with van der Waals surface area (Å²) in [5, 5.41) is 13.1. The number of nitro groups is 1. The normalized spacial score (nSPS) is 17.8. The van der Waals surface area contributed by atoms with Gasteiger partial charge in [-0.2, -0.15) is 0 Å². The molecule has 2 aromatic heterocycles. The van der Waals surface area contributed by atoms with Crippen LogP contribution in [0.4, 0.5) is 40.4 Å². The van der Waals surface area contributed by atoms with Crippen molar-refractivity contribution in [1.29, 1.82) is 0 Å². The summed E-state index contributed by atoms with van der Waals surface area (Å²) >= 11 is 0. The number of amidine groups is 1. The molecule has 0 bridgehead atoms. The standard InChI is InChI=1S/C18H16FNO2.C17H26BFN2O2.C15H20BFO4.C9H11FN2O2.C8H11N5/c1-2-13(20)18-15(11-7-4-3-5-8-11)17(21)16-12(19)9-6-10-14(16)22-18;1-16(2)17(3,4)23-18(22-16)13-6-7-15(14(19)12-13)21-10-8-20(5)9-11-21;1-14(2)15(3,4)21-16(20-14)10-5-6-13(12(17)7-10)19-11-8-18-9-11;1-6(2)11-9-4-3-7(12(13)14)5-8(9)10;1-13(2)8-6-5(3-10-8)11-4-12-7(6)9/h3-10,13H,2,20H2,1H3;6-7,12H,8-11H2,1-5H3;5-7,11H,8-9H2,1-4H3;3-6,11H,1-2H3;4H,3H2,1-2H3,(H2,9,11,12). The van der Waals surface area contributed by atoms with Crippen molar-refractivity contribution in [2.45, 2.75) is 130 Å². The van der Waals surface area contributed by atoms with Crippen molar-refractivity contribution in [2.24, 2.45) is 10.7 Å². The van der Waals surface area contributed by atoms with Gasteiger partial charge in [0.05, 0.1) is 87.4 Å². The molecule has 0 amide bonds. The number of anilines is 3. The number of nitrogens with two attached hydrogens (primary N) is 2. The first-order valence-electron chi connectivity index (χ1n) is 30.9. The van der Waals surface area contributed by atoms with Crippen LogP contribution in [0.1, 0.15) is 106 Å². The maximum Gasteiger partial charge on any atom is 0.494 e. The first-order chi connectivity index (χ1) is 43.8. The van der Waals surface area contributed by atoms with Crippen LogP contribution in [0.5, 0.6) is 5.75 Å². The molecular weight excluding hydrogens is 1200 g/mol. The SMILES string of the molecule is CC(C)Nc1ccc([N+](=O)[O-])cc1F.CC1(C)OB(c2ccc(OC3COC3)c(F)c2)OC1(C)C.CCC(N)c1oc2cccc(F)c2c(=O)c1-c1ccccc1.CN(C)C1=NCc2ncnc(N)c21.CN1CCN(c2ccc(B3OC(C)(C)C(C)(C)O3)cc2F)CC1. The number of fused-ring (bicyclic) bond motifs is 2. The molecule has 7 heterocycles. The van der Waals surface area contributed by atoms with Crippen molar-refractivity contribution in [3.63, 3.8) is 0 Å². The lowest BCUT2D eigenvalue weighted by Crippen LogP contribution is -2.45. The highest BCUT2D eigenvalue weighted by Crippen LogP contribution is 2.39. The van der Waals surface area contributed by atoms with Gasteiger partial charge in [-0.3, -0.25) is 19.9 Å². The molecule has 5 aliphatic rings. The van der Waals surface area contributed by atoms with Crippen LogP contribution in [0.25, 0.3) is 22.1 Å². The second kappa shape index (κ2) is 29.5. The maximum absolute atomic E-state index is 14.6. The lowest BCUT2D eigenvalue weighted by atomic mass is 9.79. The highest BCUT2D eigenvalue weighted by Gasteiger charge is 2.53. The van der Waals surface area contributed by atoms with E-state index in [9.17, 15) is 32.5 Å². The fourth-order valence-corrected chi connectivity index (χ4v) is 10.1. The number of hydrogen-bond acceptors (Lipinski definition) is 19. The zero-order valence-corrected chi connectivity index (χ0v) is 55.3. The zero-order chi connectivity index (χ0) is 67.9. The van der Waals surface area contributed by atoms with Gasteiger partial charge in [-0.25, -0.2) is 27.5 Å². The number of nitro benzene ring substituents is 1. The number of halogens is 4. The minimum Gasteiger partial charge on any atom is -0.483 e. The number of nitrogens with zero attached hydrogens (tertiary/aromatic N) is 7. The Morgan fingerprint density at radius 2 is 1.34 bits per heavy atom. The van der Waals surface area contributed by atoms with E-state index in [1.807, 2.05) is 125 Å². The fraction of sp³-hybridized carbons (Fsp3) is 0.433. The number of nitrogen functional groups attached to an aromatic ring is 1. The third-order valence-corrected chi connectivity index (χ3v) is 17.0. The molecular formula is C67H84B2F4N10O10. The number of piperazine rings is 1. The molecule has 5 N–H and O–H groups in total. The number of likely N-dealkylation sites (N-methyl/N-ethyl adjacent to an activating group) is 1. The smallest absolute Gasteiger partial charge is 0.483 e. The van der Waals surface area contributed by atoms with E-state index in [0.29, 0.717) is 60.0 Å². The molecule has 93 heavy (non-hydrogen) atoms. The Kier molecular flexibility index (Phi) is 22.5. The predicted octanol–water partition coefficient (Wildman–Crippen LogP) is 10.2. The molecule has 0 radical (unpaired) electrons. The molecule has 7 aromatic rings. The number of aliphatic imine (C=N–C) groups is 1. The molecule has 4 saturated heterocycles. The number of aromatic nitrogens is 2. The fourth-order valence-electron chi connectivity index (χ4n) is 10.1. The molecule has 0 saturated carbocycles. The molecule has 5 aliphatic heterocycles. The predicted molar refractivity (Wildman–Crippen MR) is 356 cm³/mol. The number of non-ortho nitro benzene ring substituents is 1. The van der Waals surface area contributed by atoms with Crippen LogP contribution >= 0.6 is 0 Å². The molecule has 26 heteroatoms. The van der Waals surface area contributed by atoms with Gasteiger partial charge < -0.3 is 64.0 Å². The van der Waals surface area contributed by atoms with Gasteiger partial charge in [0.2, 0.25) is 5.43 Å². The van der Waals surface area contributed by atoms with E-state index >= 15 is 0 Å². The lowest BCUT2D eigenvalue weighted by Gasteiger charge is -2.34. The second-order valence-electron chi connectivity index (χ2n) is 25.6. The third-order valence-electron chi connectivity index (χ3n) is 17.0. The summed E-state index contributed by atoms with van der Waals surface area (Å²) in [5.74, 6) is 0.215. The highest BCUT2D eigenvalue weighted by atomic mass is 19.1. The molecule has 0 aliphatic carbocycles. The van der Waals surface area contributed by atoms with Gasteiger partial charge in [0.1, 0.15) is 52.4 Å². The van der Waals surface area contributed by atoms with Crippen LogP contribution in [0.2, 0.25) is 0 Å². The monoisotopic (exact) mass is 1290 g/mol. The molecule has 1 atom stereocenters. The summed E-state index contributed by atoms with van der Waals surface area (Å²) in [6, 6.07) is 26.8. The summed E-state index contributed by atoms with van der Waals surface area (Å²) in [5.41, 5.74) is 14.9. The minimum atomic E-state index is -0.623. The van der Waals surface area contributed by atoms with Crippen LogP contribution in [0.15, 0.2) is 124 Å².